The number of aromatic nitrogens is 1. The maximum Gasteiger partial charge on any atom is 0.126 e. The van der Waals surface area contributed by atoms with Gasteiger partial charge in [-0.15, -0.1) is 0 Å². The van der Waals surface area contributed by atoms with Crippen molar-refractivity contribution < 1.29 is 0 Å². The Hall–Kier alpha value is -3.58. The standard InChI is InChI=1S/C29H37N7/c1-29(2,3)35-28-19-30-18-26(34-28)22-5-6-23-17-33-27(15-24(23)14-22)32-16-20-7-10-31-25(13-20)21-8-11-36(4)12-9-21/h5-8,10,13-15,17-19,25-26,31,34-35H,9,11-12,16H2,1-4H3,(H,32,33). The van der Waals surface area contributed by atoms with Gasteiger partial charge in [-0.2, -0.15) is 0 Å². The molecule has 2 aromatic rings. The second-order valence-corrected chi connectivity index (χ2v) is 10.9. The van der Waals surface area contributed by atoms with Gasteiger partial charge in [0, 0.05) is 43.0 Å². The number of hydrogen-bond acceptors (Lipinski definition) is 7. The summed E-state index contributed by atoms with van der Waals surface area (Å²) in [7, 11) is 2.17. The number of aliphatic imine (C=N–C) groups is 1. The first-order valence-electron chi connectivity index (χ1n) is 12.7. The zero-order chi connectivity index (χ0) is 25.1. The van der Waals surface area contributed by atoms with Crippen molar-refractivity contribution in [3.05, 3.63) is 83.6 Å². The number of benzene rings is 1. The van der Waals surface area contributed by atoms with Crippen molar-refractivity contribution in [1.82, 2.24) is 25.8 Å². The third-order valence-electron chi connectivity index (χ3n) is 6.64. The Morgan fingerprint density at radius 1 is 1.14 bits per heavy atom. The van der Waals surface area contributed by atoms with Gasteiger partial charge in [0.25, 0.3) is 0 Å². The molecule has 4 heterocycles. The van der Waals surface area contributed by atoms with E-state index in [1.165, 1.54) is 16.7 Å². The molecule has 188 valence electrons. The Labute approximate surface area is 214 Å². The number of hydrogen-bond donors (Lipinski definition) is 4. The van der Waals surface area contributed by atoms with E-state index in [-0.39, 0.29) is 17.6 Å². The van der Waals surface area contributed by atoms with E-state index in [0.717, 1.165) is 48.5 Å². The highest BCUT2D eigenvalue weighted by Crippen LogP contribution is 2.24. The third kappa shape index (κ3) is 5.97. The summed E-state index contributed by atoms with van der Waals surface area (Å²) in [4.78, 5) is 11.5. The number of fused-ring (bicyclic) bond motifs is 1. The lowest BCUT2D eigenvalue weighted by atomic mass is 9.96. The van der Waals surface area contributed by atoms with Gasteiger partial charge in [0.2, 0.25) is 0 Å². The van der Waals surface area contributed by atoms with Gasteiger partial charge in [0.15, 0.2) is 0 Å². The van der Waals surface area contributed by atoms with E-state index in [1.54, 1.807) is 0 Å². The van der Waals surface area contributed by atoms with Gasteiger partial charge in [-0.3, -0.25) is 4.99 Å². The normalized spacial score (nSPS) is 22.3. The Balaban J connectivity index is 1.26. The first-order chi connectivity index (χ1) is 17.3. The molecule has 0 saturated carbocycles. The molecule has 0 spiro atoms. The van der Waals surface area contributed by atoms with Crippen LogP contribution in [0.1, 0.15) is 38.8 Å². The van der Waals surface area contributed by atoms with Gasteiger partial charge in [-0.25, -0.2) is 4.98 Å². The van der Waals surface area contributed by atoms with E-state index < -0.39 is 0 Å². The van der Waals surface area contributed by atoms with Crippen molar-refractivity contribution in [2.75, 3.05) is 32.0 Å². The topological polar surface area (TPSA) is 76.6 Å². The second-order valence-electron chi connectivity index (χ2n) is 10.9. The molecule has 0 radical (unpaired) electrons. The van der Waals surface area contributed by atoms with Gasteiger partial charge in [-0.1, -0.05) is 24.3 Å². The third-order valence-corrected chi connectivity index (χ3v) is 6.64. The summed E-state index contributed by atoms with van der Waals surface area (Å²) >= 11 is 0. The van der Waals surface area contributed by atoms with Crippen LogP contribution in [-0.2, 0) is 0 Å². The van der Waals surface area contributed by atoms with Crippen LogP contribution in [0.4, 0.5) is 5.82 Å². The van der Waals surface area contributed by atoms with Gasteiger partial charge < -0.3 is 26.2 Å². The van der Waals surface area contributed by atoms with Crippen LogP contribution >= 0.6 is 0 Å². The molecule has 1 aromatic carbocycles. The minimum absolute atomic E-state index is 0.0182. The summed E-state index contributed by atoms with van der Waals surface area (Å²) < 4.78 is 0. The van der Waals surface area contributed by atoms with Gasteiger partial charge >= 0.3 is 0 Å². The molecule has 0 bridgehead atoms. The van der Waals surface area contributed by atoms with Crippen LogP contribution in [-0.4, -0.2) is 54.4 Å². The summed E-state index contributed by atoms with van der Waals surface area (Å²) in [5.41, 5.74) is 3.88. The Morgan fingerprint density at radius 3 is 2.83 bits per heavy atom. The van der Waals surface area contributed by atoms with Crippen LogP contribution in [0.5, 0.6) is 0 Å². The molecule has 3 aliphatic rings. The summed E-state index contributed by atoms with van der Waals surface area (Å²) in [5.74, 6) is 1.81. The lowest BCUT2D eigenvalue weighted by Crippen LogP contribution is -2.42. The zero-order valence-electron chi connectivity index (χ0n) is 21.7. The molecule has 7 heteroatoms. The average Bonchev–Trinajstić information content (AvgIpc) is 2.87. The smallest absolute Gasteiger partial charge is 0.126 e. The minimum Gasteiger partial charge on any atom is -0.381 e. The first-order valence-corrected chi connectivity index (χ1v) is 12.7. The number of nitrogens with one attached hydrogen (secondary N) is 4. The van der Waals surface area contributed by atoms with Crippen molar-refractivity contribution in [1.29, 1.82) is 0 Å². The predicted octanol–water partition coefficient (Wildman–Crippen LogP) is 4.22. The Morgan fingerprint density at radius 2 is 2.03 bits per heavy atom. The van der Waals surface area contributed by atoms with Gasteiger partial charge in [-0.05, 0) is 80.7 Å². The molecular weight excluding hydrogens is 446 g/mol. The molecule has 5 rings (SSSR count). The summed E-state index contributed by atoms with van der Waals surface area (Å²) in [6.07, 6.45) is 15.7. The molecule has 0 amide bonds. The van der Waals surface area contributed by atoms with Crippen molar-refractivity contribution in [3.63, 3.8) is 0 Å². The molecule has 2 atom stereocenters. The Kier molecular flexibility index (Phi) is 6.83. The van der Waals surface area contributed by atoms with Crippen LogP contribution in [0.25, 0.3) is 10.8 Å². The van der Waals surface area contributed by atoms with E-state index in [1.807, 2.05) is 18.6 Å². The molecule has 36 heavy (non-hydrogen) atoms. The fraction of sp³-hybridized carbons (Fsp3) is 0.379. The molecule has 0 saturated heterocycles. The van der Waals surface area contributed by atoms with Crippen molar-refractivity contribution in [2.24, 2.45) is 4.99 Å². The fourth-order valence-corrected chi connectivity index (χ4v) is 4.71. The molecule has 4 N–H and O–H groups in total. The second kappa shape index (κ2) is 10.2. The number of pyridine rings is 1. The molecule has 3 aliphatic heterocycles. The van der Waals surface area contributed by atoms with Crippen molar-refractivity contribution in [2.45, 2.75) is 44.8 Å². The van der Waals surface area contributed by atoms with Crippen molar-refractivity contribution in [3.8, 4) is 0 Å². The van der Waals surface area contributed by atoms with Gasteiger partial charge in [0.1, 0.15) is 11.6 Å². The molecule has 2 unspecified atom stereocenters. The number of likely N-dealkylation sites (N-methyl/N-ethyl adjacent to an activating group) is 1. The largest absolute Gasteiger partial charge is 0.381 e. The highest BCUT2D eigenvalue weighted by atomic mass is 15.2. The first kappa shape index (κ1) is 24.1. The lowest BCUT2D eigenvalue weighted by Gasteiger charge is -2.29. The maximum absolute atomic E-state index is 4.65. The van der Waals surface area contributed by atoms with E-state index in [4.69, 9.17) is 0 Å². The number of rotatable bonds is 6. The molecule has 0 aliphatic carbocycles. The molecule has 1 aromatic heterocycles. The summed E-state index contributed by atoms with van der Waals surface area (Å²) in [6.45, 7) is 9.30. The SMILES string of the molecule is CN1CC=C(C2C=C(CNc3cc4cc(C5C=NC=C(NC(C)(C)C)N5)ccc4cn3)C=CN2)CC1. The number of dihydropyridines is 1. The molecule has 0 fully saturated rings. The van der Waals surface area contributed by atoms with Crippen LogP contribution in [0.2, 0.25) is 0 Å². The van der Waals surface area contributed by atoms with Crippen LogP contribution < -0.4 is 21.3 Å². The van der Waals surface area contributed by atoms with E-state index in [2.05, 4.69) is 113 Å². The van der Waals surface area contributed by atoms with E-state index in [0.29, 0.717) is 0 Å². The zero-order valence-corrected chi connectivity index (χ0v) is 21.7. The highest BCUT2D eigenvalue weighted by molar-refractivity contribution is 5.86. The molecule has 7 nitrogen and oxygen atoms in total. The monoisotopic (exact) mass is 483 g/mol. The van der Waals surface area contributed by atoms with Crippen LogP contribution in [0.3, 0.4) is 0 Å². The number of anilines is 1. The van der Waals surface area contributed by atoms with Crippen LogP contribution in [0.15, 0.2) is 83.0 Å². The van der Waals surface area contributed by atoms with E-state index >= 15 is 0 Å². The van der Waals surface area contributed by atoms with Crippen LogP contribution in [0, 0.1) is 0 Å². The average molecular weight is 484 g/mol. The quantitative estimate of drug-likeness (QED) is 0.461. The van der Waals surface area contributed by atoms with E-state index in [9.17, 15) is 0 Å². The fourth-order valence-electron chi connectivity index (χ4n) is 4.71. The predicted molar refractivity (Wildman–Crippen MR) is 150 cm³/mol. The van der Waals surface area contributed by atoms with Crippen molar-refractivity contribution >= 4 is 22.8 Å². The Bertz CT molecular complexity index is 1260. The number of nitrogens with zero attached hydrogens (tertiary/aromatic N) is 3. The highest BCUT2D eigenvalue weighted by Gasteiger charge is 2.19. The van der Waals surface area contributed by atoms with Gasteiger partial charge in [0.05, 0.1) is 18.3 Å². The lowest BCUT2D eigenvalue weighted by molar-refractivity contribution is 0.354. The maximum atomic E-state index is 4.65. The molecular formula is C29H37N7. The minimum atomic E-state index is -0.0328. The summed E-state index contributed by atoms with van der Waals surface area (Å²) in [5, 5.41) is 16.3. The summed E-state index contributed by atoms with van der Waals surface area (Å²) in [6, 6.07) is 8.92.